The summed E-state index contributed by atoms with van der Waals surface area (Å²) in [5.41, 5.74) is 8.92. The van der Waals surface area contributed by atoms with Crippen molar-refractivity contribution < 1.29 is 14.3 Å². The molecule has 5 aromatic rings. The Labute approximate surface area is 263 Å². The van der Waals surface area contributed by atoms with Crippen molar-refractivity contribution in [2.75, 3.05) is 37.9 Å². The maximum absolute atomic E-state index is 12.8. The van der Waals surface area contributed by atoms with E-state index >= 15 is 0 Å². The Morgan fingerprint density at radius 1 is 0.889 bits per heavy atom. The van der Waals surface area contributed by atoms with Crippen molar-refractivity contribution in [1.29, 1.82) is 0 Å². The van der Waals surface area contributed by atoms with Crippen LogP contribution in [0.3, 0.4) is 0 Å². The molecule has 45 heavy (non-hydrogen) atoms. The van der Waals surface area contributed by atoms with Crippen LogP contribution in [0.2, 0.25) is 0 Å². The Kier molecular flexibility index (Phi) is 9.07. The van der Waals surface area contributed by atoms with Crippen molar-refractivity contribution >= 4 is 17.3 Å². The van der Waals surface area contributed by atoms with Crippen LogP contribution in [0, 0.1) is 6.92 Å². The molecular formula is C36H38N6O3. The molecule has 9 heteroatoms. The summed E-state index contributed by atoms with van der Waals surface area (Å²) in [5.74, 6) is 1.43. The van der Waals surface area contributed by atoms with Crippen molar-refractivity contribution in [3.63, 3.8) is 0 Å². The second-order valence-electron chi connectivity index (χ2n) is 11.3. The summed E-state index contributed by atoms with van der Waals surface area (Å²) in [7, 11) is 3.37. The number of para-hydroxylation sites is 2. The van der Waals surface area contributed by atoms with E-state index in [2.05, 4.69) is 62.2 Å². The van der Waals surface area contributed by atoms with Crippen LogP contribution < -0.4 is 20.1 Å². The first kappa shape index (κ1) is 29.9. The molecule has 2 N–H and O–H groups in total. The van der Waals surface area contributed by atoms with E-state index < -0.39 is 0 Å². The zero-order valence-corrected chi connectivity index (χ0v) is 25.9. The lowest BCUT2D eigenvalue weighted by Crippen LogP contribution is -2.32. The number of carbonyl (C=O) groups excluding carboxylic acids is 1. The van der Waals surface area contributed by atoms with Gasteiger partial charge in [0.05, 0.1) is 44.0 Å². The van der Waals surface area contributed by atoms with Gasteiger partial charge < -0.3 is 20.1 Å². The molecule has 1 aliphatic rings. The highest BCUT2D eigenvalue weighted by molar-refractivity contribution is 6.05. The van der Waals surface area contributed by atoms with E-state index in [0.717, 1.165) is 66.6 Å². The molecule has 0 bridgehead atoms. The summed E-state index contributed by atoms with van der Waals surface area (Å²) in [4.78, 5) is 15.3. The molecule has 0 radical (unpaired) electrons. The fourth-order valence-electron chi connectivity index (χ4n) is 5.57. The van der Waals surface area contributed by atoms with Gasteiger partial charge in [-0.15, -0.1) is 5.10 Å². The molecule has 2 heterocycles. The van der Waals surface area contributed by atoms with Crippen LogP contribution in [-0.2, 0) is 25.9 Å². The normalized spacial score (nSPS) is 12.8. The van der Waals surface area contributed by atoms with Crippen molar-refractivity contribution in [1.82, 2.24) is 19.9 Å². The first-order valence-corrected chi connectivity index (χ1v) is 15.2. The third kappa shape index (κ3) is 7.16. The summed E-state index contributed by atoms with van der Waals surface area (Å²) in [6.45, 7) is 5.39. The first-order chi connectivity index (χ1) is 22.0. The van der Waals surface area contributed by atoms with E-state index in [4.69, 9.17) is 9.47 Å². The second-order valence-corrected chi connectivity index (χ2v) is 11.3. The van der Waals surface area contributed by atoms with Crippen LogP contribution in [0.5, 0.6) is 11.5 Å². The molecule has 0 aliphatic carbocycles. The summed E-state index contributed by atoms with van der Waals surface area (Å²) < 4.78 is 12.8. The molecule has 0 atom stereocenters. The number of methoxy groups -OCH3 is 2. The van der Waals surface area contributed by atoms with Crippen LogP contribution in [0.15, 0.2) is 91.1 Å². The highest BCUT2D eigenvalue weighted by atomic mass is 16.5. The van der Waals surface area contributed by atoms with Gasteiger partial charge in [0.1, 0.15) is 5.69 Å². The first-order valence-electron chi connectivity index (χ1n) is 15.2. The van der Waals surface area contributed by atoms with Gasteiger partial charge >= 0.3 is 0 Å². The third-order valence-corrected chi connectivity index (χ3v) is 8.20. The number of hydrogen-bond acceptors (Lipinski definition) is 7. The maximum atomic E-state index is 12.8. The lowest BCUT2D eigenvalue weighted by atomic mass is 9.98. The third-order valence-electron chi connectivity index (χ3n) is 8.20. The molecule has 9 nitrogen and oxygen atoms in total. The van der Waals surface area contributed by atoms with E-state index in [1.165, 1.54) is 16.7 Å². The lowest BCUT2D eigenvalue weighted by molar-refractivity contribution is 0.102. The topological polar surface area (TPSA) is 93.5 Å². The summed E-state index contributed by atoms with van der Waals surface area (Å²) in [6, 6.07) is 27.9. The van der Waals surface area contributed by atoms with Gasteiger partial charge in [0.15, 0.2) is 11.5 Å². The number of nitrogens with one attached hydrogen (secondary N) is 2. The van der Waals surface area contributed by atoms with Gasteiger partial charge in [-0.1, -0.05) is 47.2 Å². The van der Waals surface area contributed by atoms with Crippen molar-refractivity contribution in [3.8, 4) is 17.2 Å². The number of anilines is 2. The molecule has 0 saturated heterocycles. The smallest absolute Gasteiger partial charge is 0.255 e. The number of benzene rings is 4. The SMILES string of the molecule is COc1cc2c(cc1OC)CN(CCc1ccc(-n3cc(CNc4ccccc4NC(=O)c4ccc(C)cc4)nn3)cc1)CC2. The maximum Gasteiger partial charge on any atom is 0.255 e. The molecule has 1 amide bonds. The number of nitrogens with zero attached hydrogens (tertiary/aromatic N) is 4. The number of rotatable bonds is 11. The molecule has 6 rings (SSSR count). The number of amides is 1. The monoisotopic (exact) mass is 602 g/mol. The van der Waals surface area contributed by atoms with Crippen molar-refractivity contribution in [2.24, 2.45) is 0 Å². The summed E-state index contributed by atoms with van der Waals surface area (Å²) in [6.07, 6.45) is 3.89. The fourth-order valence-corrected chi connectivity index (χ4v) is 5.57. The lowest BCUT2D eigenvalue weighted by Gasteiger charge is -2.29. The highest BCUT2D eigenvalue weighted by Gasteiger charge is 2.19. The molecule has 0 saturated carbocycles. The number of aryl methyl sites for hydroxylation is 1. The minimum absolute atomic E-state index is 0.151. The largest absolute Gasteiger partial charge is 0.493 e. The van der Waals surface area contributed by atoms with Crippen LogP contribution in [-0.4, -0.2) is 53.1 Å². The van der Waals surface area contributed by atoms with Crippen LogP contribution in [0.4, 0.5) is 11.4 Å². The van der Waals surface area contributed by atoms with E-state index in [9.17, 15) is 4.79 Å². The molecule has 0 fully saturated rings. The van der Waals surface area contributed by atoms with Crippen LogP contribution in [0.25, 0.3) is 5.69 Å². The molecule has 0 unspecified atom stereocenters. The highest BCUT2D eigenvalue weighted by Crippen LogP contribution is 2.33. The predicted octanol–water partition coefficient (Wildman–Crippen LogP) is 6.06. The van der Waals surface area contributed by atoms with Crippen molar-refractivity contribution in [2.45, 2.75) is 32.9 Å². The van der Waals surface area contributed by atoms with Crippen molar-refractivity contribution in [3.05, 3.63) is 125 Å². The molecule has 1 aliphatic heterocycles. The quantitative estimate of drug-likeness (QED) is 0.190. The number of ether oxygens (including phenoxy) is 2. The average Bonchev–Trinajstić information content (AvgIpc) is 3.56. The number of fused-ring (bicyclic) bond motifs is 1. The average molecular weight is 603 g/mol. The van der Waals surface area contributed by atoms with Gasteiger partial charge in [-0.05, 0) is 85.0 Å². The Bertz CT molecular complexity index is 1770. The van der Waals surface area contributed by atoms with Gasteiger partial charge in [-0.25, -0.2) is 4.68 Å². The van der Waals surface area contributed by atoms with E-state index in [1.807, 2.05) is 61.7 Å². The standard InChI is InChI=1S/C36H38N6O3/c1-25-8-12-27(13-9-25)36(43)38-33-7-5-4-6-32(33)37-22-30-24-42(40-39-30)31-14-10-26(11-15-31)16-18-41-19-17-28-20-34(44-2)35(45-3)21-29(28)23-41/h4-15,20-21,24,37H,16-19,22-23H2,1-3H3,(H,38,43). The van der Waals surface area contributed by atoms with Crippen LogP contribution in [0.1, 0.15) is 38.3 Å². The van der Waals surface area contributed by atoms with Gasteiger partial charge in [-0.2, -0.15) is 0 Å². The Morgan fingerprint density at radius 3 is 2.33 bits per heavy atom. The zero-order chi connectivity index (χ0) is 31.2. The number of carbonyl (C=O) groups is 1. The number of aromatic nitrogens is 3. The molecule has 230 valence electrons. The Morgan fingerprint density at radius 2 is 1.60 bits per heavy atom. The predicted molar refractivity (Wildman–Crippen MR) is 176 cm³/mol. The molecule has 4 aromatic carbocycles. The Hall–Kier alpha value is -5.15. The molecule has 1 aromatic heterocycles. The van der Waals surface area contributed by atoms with Gasteiger partial charge in [0.25, 0.3) is 5.91 Å². The zero-order valence-electron chi connectivity index (χ0n) is 25.9. The summed E-state index contributed by atoms with van der Waals surface area (Å²) >= 11 is 0. The number of hydrogen-bond donors (Lipinski definition) is 2. The minimum Gasteiger partial charge on any atom is -0.493 e. The minimum atomic E-state index is -0.151. The van der Waals surface area contributed by atoms with Gasteiger partial charge in [-0.3, -0.25) is 9.69 Å². The van der Waals surface area contributed by atoms with E-state index in [-0.39, 0.29) is 5.91 Å². The van der Waals surface area contributed by atoms with Gasteiger partial charge in [0, 0.05) is 25.2 Å². The second kappa shape index (κ2) is 13.7. The van der Waals surface area contributed by atoms with Gasteiger partial charge in [0.2, 0.25) is 0 Å². The fraction of sp³-hybridized carbons (Fsp3) is 0.250. The van der Waals surface area contributed by atoms with Crippen LogP contribution >= 0.6 is 0 Å². The molecular weight excluding hydrogens is 564 g/mol. The molecule has 0 spiro atoms. The summed E-state index contributed by atoms with van der Waals surface area (Å²) in [5, 5.41) is 15.1. The van der Waals surface area contributed by atoms with E-state index in [0.29, 0.717) is 17.8 Å². The Balaban J connectivity index is 1.02. The van der Waals surface area contributed by atoms with E-state index in [1.54, 1.807) is 18.9 Å².